The number of carbonyl (C=O) groups excluding carboxylic acids is 1. The van der Waals surface area contributed by atoms with Crippen molar-refractivity contribution in [3.8, 4) is 5.75 Å². The molecule has 1 atom stereocenters. The van der Waals surface area contributed by atoms with E-state index in [1.165, 1.54) is 10.4 Å². The van der Waals surface area contributed by atoms with Crippen LogP contribution in [0.1, 0.15) is 40.7 Å². The van der Waals surface area contributed by atoms with Crippen molar-refractivity contribution in [1.82, 2.24) is 9.62 Å². The summed E-state index contributed by atoms with van der Waals surface area (Å²) < 4.78 is 86.9. The second-order valence-electron chi connectivity index (χ2n) is 9.98. The van der Waals surface area contributed by atoms with Crippen molar-refractivity contribution in [2.45, 2.75) is 44.5 Å². The number of amides is 1. The minimum atomic E-state index is -4.93. The van der Waals surface area contributed by atoms with Crippen LogP contribution in [0.5, 0.6) is 5.75 Å². The Labute approximate surface area is 234 Å². The summed E-state index contributed by atoms with van der Waals surface area (Å²) in [5.74, 6) is -2.04. The molecule has 2 aliphatic heterocycles. The highest BCUT2D eigenvalue weighted by Crippen LogP contribution is 2.36. The van der Waals surface area contributed by atoms with Gasteiger partial charge in [-0.25, -0.2) is 12.8 Å². The van der Waals surface area contributed by atoms with E-state index in [9.17, 15) is 35.9 Å². The molecular formula is C27H29F4N3O6S. The van der Waals surface area contributed by atoms with Gasteiger partial charge in [-0.05, 0) is 73.7 Å². The lowest BCUT2D eigenvalue weighted by atomic mass is 9.89. The second kappa shape index (κ2) is 11.5. The molecule has 2 heterocycles. The van der Waals surface area contributed by atoms with E-state index in [0.29, 0.717) is 28.5 Å². The minimum Gasteiger partial charge on any atom is -0.491 e. The molecule has 14 heteroatoms. The predicted octanol–water partition coefficient (Wildman–Crippen LogP) is 2.91. The van der Waals surface area contributed by atoms with E-state index >= 15 is 0 Å². The maximum absolute atomic E-state index is 14.6. The molecule has 2 aliphatic rings. The summed E-state index contributed by atoms with van der Waals surface area (Å²) in [5.41, 5.74) is -1.31. The molecule has 0 aromatic heterocycles. The third kappa shape index (κ3) is 6.45. The Morgan fingerprint density at radius 3 is 2.41 bits per heavy atom. The molecule has 2 aromatic carbocycles. The zero-order valence-electron chi connectivity index (χ0n) is 22.2. The standard InChI is InChI=1S/C27H29F4N3O6S/c1-16-12-19(40-15-18(36)14-35)13-17(2)20(16)6-11-41(38,39)34-9-7-26(8-10-34)25(37)32-24(33-26)21-4-3-5-22(23(21)28)27(29,30)31/h3-6,11-13,18,35-36H,7-10,14-15H2,1-2H3,(H,32,33,37)/b11-6+/t18-/m1/s1. The Morgan fingerprint density at radius 1 is 1.20 bits per heavy atom. The number of hydrogen-bond acceptors (Lipinski definition) is 7. The van der Waals surface area contributed by atoms with E-state index in [1.54, 1.807) is 26.0 Å². The van der Waals surface area contributed by atoms with Gasteiger partial charge in [-0.3, -0.25) is 9.79 Å². The van der Waals surface area contributed by atoms with Gasteiger partial charge in [-0.15, -0.1) is 0 Å². The molecule has 9 nitrogen and oxygen atoms in total. The van der Waals surface area contributed by atoms with Gasteiger partial charge in [0.2, 0.25) is 10.0 Å². The van der Waals surface area contributed by atoms with Crippen LogP contribution in [-0.2, 0) is 21.0 Å². The van der Waals surface area contributed by atoms with Crippen LogP contribution < -0.4 is 10.1 Å². The first-order valence-corrected chi connectivity index (χ1v) is 14.2. The fraction of sp³-hybridized carbons (Fsp3) is 0.407. The Bertz CT molecular complexity index is 1480. The average molecular weight is 600 g/mol. The number of aliphatic hydroxyl groups excluding tert-OH is 2. The highest BCUT2D eigenvalue weighted by atomic mass is 32.2. The van der Waals surface area contributed by atoms with Crippen molar-refractivity contribution < 1.29 is 45.7 Å². The van der Waals surface area contributed by atoms with Crippen LogP contribution in [-0.4, -0.2) is 72.6 Å². The Kier molecular flexibility index (Phi) is 8.60. The Morgan fingerprint density at radius 2 is 1.83 bits per heavy atom. The molecule has 1 amide bonds. The number of hydrogen-bond donors (Lipinski definition) is 3. The van der Waals surface area contributed by atoms with Crippen molar-refractivity contribution in [1.29, 1.82) is 0 Å². The lowest BCUT2D eigenvalue weighted by molar-refractivity contribution is -0.140. The molecule has 0 unspecified atom stereocenters. The summed E-state index contributed by atoms with van der Waals surface area (Å²) in [6.07, 6.45) is -4.59. The van der Waals surface area contributed by atoms with Crippen LogP contribution in [0, 0.1) is 19.7 Å². The molecular weight excluding hydrogens is 570 g/mol. The number of sulfonamides is 1. The molecule has 1 saturated heterocycles. The summed E-state index contributed by atoms with van der Waals surface area (Å²) >= 11 is 0. The first kappa shape index (κ1) is 30.6. The van der Waals surface area contributed by atoms with Gasteiger partial charge in [0.1, 0.15) is 35.7 Å². The normalized spacial score (nSPS) is 18.5. The van der Waals surface area contributed by atoms with E-state index in [2.05, 4.69) is 10.3 Å². The summed E-state index contributed by atoms with van der Waals surface area (Å²) in [7, 11) is -3.91. The minimum absolute atomic E-state index is 0.0419. The van der Waals surface area contributed by atoms with Crippen molar-refractivity contribution in [3.63, 3.8) is 0 Å². The summed E-state index contributed by atoms with van der Waals surface area (Å²) in [4.78, 5) is 17.1. The summed E-state index contributed by atoms with van der Waals surface area (Å²) in [6, 6.07) is 6.06. The highest BCUT2D eigenvalue weighted by molar-refractivity contribution is 7.92. The largest absolute Gasteiger partial charge is 0.491 e. The number of ether oxygens (including phenoxy) is 1. The topological polar surface area (TPSA) is 129 Å². The molecule has 2 aromatic rings. The van der Waals surface area contributed by atoms with E-state index in [0.717, 1.165) is 17.5 Å². The van der Waals surface area contributed by atoms with Gasteiger partial charge in [0.25, 0.3) is 5.91 Å². The molecule has 4 rings (SSSR count). The third-order valence-corrected chi connectivity index (χ3v) is 8.64. The molecule has 41 heavy (non-hydrogen) atoms. The predicted molar refractivity (Wildman–Crippen MR) is 142 cm³/mol. The Balaban J connectivity index is 1.47. The van der Waals surface area contributed by atoms with E-state index < -0.39 is 57.3 Å². The first-order chi connectivity index (χ1) is 19.2. The third-order valence-electron chi connectivity index (χ3n) is 7.08. The number of rotatable bonds is 8. The van der Waals surface area contributed by atoms with Gasteiger partial charge in [0, 0.05) is 18.5 Å². The fourth-order valence-corrected chi connectivity index (χ4v) is 5.97. The summed E-state index contributed by atoms with van der Waals surface area (Å²) in [6.45, 7) is 2.82. The smallest absolute Gasteiger partial charge is 0.419 e. The molecule has 222 valence electrons. The number of nitrogens with one attached hydrogen (secondary N) is 1. The van der Waals surface area contributed by atoms with Crippen LogP contribution in [0.2, 0.25) is 0 Å². The van der Waals surface area contributed by atoms with Gasteiger partial charge in [-0.1, -0.05) is 6.07 Å². The molecule has 0 aliphatic carbocycles. The lowest BCUT2D eigenvalue weighted by Crippen LogP contribution is -2.50. The van der Waals surface area contributed by atoms with Crippen molar-refractivity contribution in [2.75, 3.05) is 26.3 Å². The van der Waals surface area contributed by atoms with Gasteiger partial charge < -0.3 is 20.3 Å². The fourth-order valence-electron chi connectivity index (χ4n) is 4.79. The van der Waals surface area contributed by atoms with Crippen molar-refractivity contribution in [2.24, 2.45) is 4.99 Å². The number of amidine groups is 1. The van der Waals surface area contributed by atoms with Gasteiger partial charge in [0.05, 0.1) is 17.7 Å². The number of aliphatic imine (C=N–C) groups is 1. The zero-order valence-corrected chi connectivity index (χ0v) is 23.0. The lowest BCUT2D eigenvalue weighted by Gasteiger charge is -2.34. The number of carbonyl (C=O) groups is 1. The van der Waals surface area contributed by atoms with Crippen LogP contribution in [0.4, 0.5) is 17.6 Å². The van der Waals surface area contributed by atoms with Crippen LogP contribution in [0.15, 0.2) is 40.7 Å². The van der Waals surface area contributed by atoms with Crippen molar-refractivity contribution in [3.05, 3.63) is 69.4 Å². The number of aliphatic hydroxyl groups is 2. The number of aryl methyl sites for hydroxylation is 2. The molecule has 1 fully saturated rings. The van der Waals surface area contributed by atoms with Crippen LogP contribution in [0.25, 0.3) is 6.08 Å². The second-order valence-corrected chi connectivity index (χ2v) is 11.8. The van der Waals surface area contributed by atoms with Crippen molar-refractivity contribution >= 4 is 27.8 Å². The van der Waals surface area contributed by atoms with Crippen LogP contribution in [0.3, 0.4) is 0 Å². The molecule has 1 spiro atoms. The Hall–Kier alpha value is -3.33. The SMILES string of the molecule is Cc1cc(OC[C@H](O)CO)cc(C)c1/C=C/S(=O)(=O)N1CCC2(CC1)N=C(c1cccc(C(F)(F)F)c1F)NC2=O. The highest BCUT2D eigenvalue weighted by Gasteiger charge is 2.48. The molecule has 0 saturated carbocycles. The van der Waals surface area contributed by atoms with E-state index in [-0.39, 0.29) is 38.4 Å². The van der Waals surface area contributed by atoms with E-state index in [4.69, 9.17) is 9.84 Å². The molecule has 0 bridgehead atoms. The average Bonchev–Trinajstić information content (AvgIpc) is 3.21. The van der Waals surface area contributed by atoms with Gasteiger partial charge in [-0.2, -0.15) is 17.5 Å². The number of piperidine rings is 1. The van der Waals surface area contributed by atoms with E-state index in [1.807, 2.05) is 0 Å². The van der Waals surface area contributed by atoms with Gasteiger partial charge >= 0.3 is 6.18 Å². The number of benzene rings is 2. The number of halogens is 4. The monoisotopic (exact) mass is 599 g/mol. The summed E-state index contributed by atoms with van der Waals surface area (Å²) in [5, 5.41) is 21.8. The maximum Gasteiger partial charge on any atom is 0.419 e. The first-order valence-electron chi connectivity index (χ1n) is 12.7. The number of nitrogens with zero attached hydrogens (tertiary/aromatic N) is 2. The zero-order chi connectivity index (χ0) is 30.2. The molecule has 3 N–H and O–H groups in total. The maximum atomic E-state index is 14.6. The quantitative estimate of drug-likeness (QED) is 0.401. The van der Waals surface area contributed by atoms with Gasteiger partial charge in [0.15, 0.2) is 0 Å². The number of alkyl halides is 3. The molecule has 0 radical (unpaired) electrons. The van der Waals surface area contributed by atoms with Crippen LogP contribution >= 0.6 is 0 Å².